The summed E-state index contributed by atoms with van der Waals surface area (Å²) in [6.45, 7) is -0.803. The van der Waals surface area contributed by atoms with E-state index in [2.05, 4.69) is 4.18 Å². The maximum absolute atomic E-state index is 12.1. The number of alkyl halides is 3. The van der Waals surface area contributed by atoms with Gasteiger partial charge in [0.25, 0.3) is 0 Å². The highest BCUT2D eigenvalue weighted by molar-refractivity contribution is 7.87. The minimum atomic E-state index is -5.64. The third kappa shape index (κ3) is 3.74. The van der Waals surface area contributed by atoms with Crippen molar-refractivity contribution < 1.29 is 35.2 Å². The monoisotopic (exact) mass is 300 g/mol. The molecular formula is C10H11F3O5S. The number of rotatable bonds is 5. The summed E-state index contributed by atoms with van der Waals surface area (Å²) in [5.74, 6) is 0.530. The van der Waals surface area contributed by atoms with Crippen molar-refractivity contribution in [2.24, 2.45) is 0 Å². The zero-order valence-corrected chi connectivity index (χ0v) is 10.8. The molecule has 0 saturated carbocycles. The fraction of sp³-hybridized carbons (Fsp3) is 0.400. The molecule has 0 N–H and O–H groups in total. The van der Waals surface area contributed by atoms with Gasteiger partial charge in [0.1, 0.15) is 11.5 Å². The second-order valence-electron chi connectivity index (χ2n) is 3.34. The van der Waals surface area contributed by atoms with E-state index in [1.807, 2.05) is 0 Å². The number of methoxy groups -OCH3 is 2. The van der Waals surface area contributed by atoms with Crippen LogP contribution in [0.3, 0.4) is 0 Å². The van der Waals surface area contributed by atoms with Crippen LogP contribution in [0, 0.1) is 0 Å². The van der Waals surface area contributed by atoms with Gasteiger partial charge in [-0.1, -0.05) is 0 Å². The Hall–Kier alpha value is -1.48. The Morgan fingerprint density at radius 2 is 1.79 bits per heavy atom. The van der Waals surface area contributed by atoms with Crippen LogP contribution in [0.25, 0.3) is 0 Å². The van der Waals surface area contributed by atoms with E-state index in [4.69, 9.17) is 9.47 Å². The third-order valence-electron chi connectivity index (χ3n) is 2.14. The lowest BCUT2D eigenvalue weighted by Gasteiger charge is -2.12. The topological polar surface area (TPSA) is 61.8 Å². The fourth-order valence-corrected chi connectivity index (χ4v) is 1.62. The summed E-state index contributed by atoms with van der Waals surface area (Å²) in [6.07, 6.45) is 0. The maximum atomic E-state index is 12.1. The van der Waals surface area contributed by atoms with E-state index in [9.17, 15) is 21.6 Å². The van der Waals surface area contributed by atoms with Crippen molar-refractivity contribution in [2.75, 3.05) is 14.2 Å². The van der Waals surface area contributed by atoms with Gasteiger partial charge in [0.05, 0.1) is 20.8 Å². The molecule has 0 aliphatic heterocycles. The lowest BCUT2D eigenvalue weighted by Crippen LogP contribution is -2.25. The van der Waals surface area contributed by atoms with E-state index in [1.165, 1.54) is 32.4 Å². The molecule has 0 aromatic heterocycles. The van der Waals surface area contributed by atoms with Crippen LogP contribution in [0.2, 0.25) is 0 Å². The first-order valence-corrected chi connectivity index (χ1v) is 6.28. The maximum Gasteiger partial charge on any atom is 0.523 e. The summed E-state index contributed by atoms with van der Waals surface area (Å²) < 4.78 is 71.5. The summed E-state index contributed by atoms with van der Waals surface area (Å²) in [5, 5.41) is 0. The van der Waals surface area contributed by atoms with Gasteiger partial charge >= 0.3 is 15.6 Å². The highest BCUT2D eigenvalue weighted by Crippen LogP contribution is 2.29. The lowest BCUT2D eigenvalue weighted by atomic mass is 10.2. The second kappa shape index (κ2) is 5.66. The standard InChI is InChI=1S/C10H11F3O5S/c1-16-8-3-4-9(17-2)7(5-8)6-18-19(14,15)10(11,12)13/h3-5H,6H2,1-2H3. The molecule has 0 spiro atoms. The zero-order valence-electron chi connectivity index (χ0n) is 10.0. The summed E-state index contributed by atoms with van der Waals surface area (Å²) in [7, 11) is -2.98. The van der Waals surface area contributed by atoms with Crippen LogP contribution in [0.5, 0.6) is 11.5 Å². The average molecular weight is 300 g/mol. The van der Waals surface area contributed by atoms with Gasteiger partial charge in [0.15, 0.2) is 0 Å². The van der Waals surface area contributed by atoms with E-state index in [0.717, 1.165) is 0 Å². The summed E-state index contributed by atoms with van der Waals surface area (Å²) in [6, 6.07) is 4.27. The average Bonchev–Trinajstić information content (AvgIpc) is 2.34. The first kappa shape index (κ1) is 15.6. The largest absolute Gasteiger partial charge is 0.523 e. The van der Waals surface area contributed by atoms with Crippen molar-refractivity contribution in [3.05, 3.63) is 23.8 Å². The van der Waals surface area contributed by atoms with Crippen molar-refractivity contribution in [1.29, 1.82) is 0 Å². The Morgan fingerprint density at radius 1 is 1.16 bits per heavy atom. The first-order valence-electron chi connectivity index (χ1n) is 4.88. The normalized spacial score (nSPS) is 12.3. The molecule has 1 rings (SSSR count). The Labute approximate surface area is 108 Å². The molecule has 0 unspecified atom stereocenters. The zero-order chi connectivity index (χ0) is 14.7. The Balaban J connectivity index is 2.94. The Kier molecular flexibility index (Phi) is 4.64. The molecule has 0 heterocycles. The molecule has 0 bridgehead atoms. The molecule has 0 amide bonds. The Morgan fingerprint density at radius 3 is 2.26 bits per heavy atom. The third-order valence-corrected chi connectivity index (χ3v) is 3.14. The van der Waals surface area contributed by atoms with Crippen LogP contribution in [0.4, 0.5) is 13.2 Å². The molecule has 0 saturated heterocycles. The van der Waals surface area contributed by atoms with E-state index < -0.39 is 22.2 Å². The number of hydrogen-bond acceptors (Lipinski definition) is 5. The van der Waals surface area contributed by atoms with E-state index in [-0.39, 0.29) is 11.3 Å². The van der Waals surface area contributed by atoms with Crippen LogP contribution in [-0.2, 0) is 20.9 Å². The van der Waals surface area contributed by atoms with Gasteiger partial charge in [0, 0.05) is 5.56 Å². The van der Waals surface area contributed by atoms with Crippen molar-refractivity contribution in [1.82, 2.24) is 0 Å². The first-order chi connectivity index (χ1) is 8.71. The predicted octanol–water partition coefficient (Wildman–Crippen LogP) is 2.07. The van der Waals surface area contributed by atoms with Gasteiger partial charge in [-0.3, -0.25) is 4.18 Å². The van der Waals surface area contributed by atoms with Gasteiger partial charge < -0.3 is 9.47 Å². The van der Waals surface area contributed by atoms with Crippen molar-refractivity contribution >= 4 is 10.1 Å². The van der Waals surface area contributed by atoms with Crippen LogP contribution in [0.1, 0.15) is 5.56 Å². The van der Waals surface area contributed by atoms with Gasteiger partial charge in [-0.05, 0) is 18.2 Å². The van der Waals surface area contributed by atoms with Gasteiger partial charge in [-0.25, -0.2) is 0 Å². The van der Waals surface area contributed by atoms with Crippen LogP contribution in [-0.4, -0.2) is 28.1 Å². The molecule has 0 radical (unpaired) electrons. The van der Waals surface area contributed by atoms with Crippen molar-refractivity contribution in [3.8, 4) is 11.5 Å². The molecule has 5 nitrogen and oxygen atoms in total. The minimum absolute atomic E-state index is 0.120. The Bertz CT molecular complexity index is 539. The molecule has 0 fully saturated rings. The van der Waals surface area contributed by atoms with Gasteiger partial charge in [0.2, 0.25) is 0 Å². The molecule has 9 heteroatoms. The molecule has 0 atom stereocenters. The molecule has 1 aromatic carbocycles. The quantitative estimate of drug-likeness (QED) is 0.615. The molecule has 0 aliphatic rings. The molecule has 108 valence electrons. The summed E-state index contributed by atoms with van der Waals surface area (Å²) in [5.41, 5.74) is -5.34. The predicted molar refractivity (Wildman–Crippen MR) is 59.3 cm³/mol. The van der Waals surface area contributed by atoms with Crippen molar-refractivity contribution in [2.45, 2.75) is 12.1 Å². The second-order valence-corrected chi connectivity index (χ2v) is 4.95. The lowest BCUT2D eigenvalue weighted by molar-refractivity contribution is -0.0548. The summed E-state index contributed by atoms with van der Waals surface area (Å²) in [4.78, 5) is 0. The highest BCUT2D eigenvalue weighted by Gasteiger charge is 2.47. The van der Waals surface area contributed by atoms with E-state index in [1.54, 1.807) is 0 Å². The smallest absolute Gasteiger partial charge is 0.497 e. The number of benzene rings is 1. The van der Waals surface area contributed by atoms with Gasteiger partial charge in [-0.2, -0.15) is 21.6 Å². The van der Waals surface area contributed by atoms with Crippen LogP contribution < -0.4 is 9.47 Å². The SMILES string of the molecule is COc1ccc(OC)c(COS(=O)(=O)C(F)(F)F)c1. The highest BCUT2D eigenvalue weighted by atomic mass is 32.2. The minimum Gasteiger partial charge on any atom is -0.497 e. The van der Waals surface area contributed by atoms with E-state index in [0.29, 0.717) is 5.75 Å². The molecular weight excluding hydrogens is 289 g/mol. The number of hydrogen-bond donors (Lipinski definition) is 0. The molecule has 0 aliphatic carbocycles. The van der Waals surface area contributed by atoms with Crippen LogP contribution in [0.15, 0.2) is 18.2 Å². The van der Waals surface area contributed by atoms with Crippen LogP contribution >= 0.6 is 0 Å². The van der Waals surface area contributed by atoms with E-state index >= 15 is 0 Å². The number of halogens is 3. The number of ether oxygens (including phenoxy) is 2. The molecule has 1 aromatic rings. The molecule has 19 heavy (non-hydrogen) atoms. The van der Waals surface area contributed by atoms with Crippen molar-refractivity contribution in [3.63, 3.8) is 0 Å². The fourth-order valence-electron chi connectivity index (χ4n) is 1.20. The summed E-state index contributed by atoms with van der Waals surface area (Å²) >= 11 is 0. The van der Waals surface area contributed by atoms with Gasteiger partial charge in [-0.15, -0.1) is 0 Å².